The molecule has 6 nitrogen and oxygen atoms in total. The lowest BCUT2D eigenvalue weighted by Crippen LogP contribution is -2.53. The van der Waals surface area contributed by atoms with Crippen LogP contribution in [-0.2, 0) is 11.3 Å². The maximum absolute atomic E-state index is 14.8. The Labute approximate surface area is 185 Å². The summed E-state index contributed by atoms with van der Waals surface area (Å²) in [5.41, 5.74) is 5.87. The second kappa shape index (κ2) is 7.69. The number of rotatable bonds is 0. The molecular formula is C25H24FN5O. The quantitative estimate of drug-likeness (QED) is 0.457. The first-order chi connectivity index (χ1) is 15.7. The molecule has 7 heteroatoms. The van der Waals surface area contributed by atoms with Crippen LogP contribution in [0.4, 0.5) is 10.1 Å². The first-order valence-electron chi connectivity index (χ1n) is 10.9. The van der Waals surface area contributed by atoms with E-state index >= 15 is 0 Å². The van der Waals surface area contributed by atoms with Gasteiger partial charge in [0.1, 0.15) is 11.5 Å². The Balaban J connectivity index is 1.53. The van der Waals surface area contributed by atoms with E-state index in [0.717, 1.165) is 47.4 Å². The molecule has 1 unspecified atom stereocenters. The van der Waals surface area contributed by atoms with Crippen LogP contribution in [0.3, 0.4) is 0 Å². The van der Waals surface area contributed by atoms with Gasteiger partial charge in [-0.3, -0.25) is 15.0 Å². The van der Waals surface area contributed by atoms with Crippen LogP contribution in [0.1, 0.15) is 5.56 Å². The Morgan fingerprint density at radius 3 is 3.00 bits per heavy atom. The molecular weight excluding hydrogens is 405 g/mol. The number of hydrogen-bond donors (Lipinski definition) is 1. The Bertz CT molecular complexity index is 1300. The van der Waals surface area contributed by atoms with Crippen LogP contribution in [0.15, 0.2) is 54.7 Å². The molecule has 2 aliphatic rings. The molecule has 0 spiro atoms. The molecule has 0 saturated carbocycles. The Kier molecular flexibility index (Phi) is 4.66. The van der Waals surface area contributed by atoms with Crippen molar-refractivity contribution in [3.8, 4) is 22.5 Å². The number of ether oxygens (including phenoxy) is 1. The predicted octanol–water partition coefficient (Wildman–Crippen LogP) is 4.08. The van der Waals surface area contributed by atoms with E-state index in [4.69, 9.17) is 4.74 Å². The molecule has 0 radical (unpaired) electrons. The van der Waals surface area contributed by atoms with Crippen LogP contribution >= 0.6 is 0 Å². The van der Waals surface area contributed by atoms with Crippen LogP contribution in [0.2, 0.25) is 0 Å². The molecule has 1 atom stereocenters. The summed E-state index contributed by atoms with van der Waals surface area (Å²) in [7, 11) is 2.15. The minimum absolute atomic E-state index is 0.284. The van der Waals surface area contributed by atoms with Crippen molar-refractivity contribution in [2.75, 3.05) is 38.2 Å². The zero-order valence-electron chi connectivity index (χ0n) is 17.9. The highest BCUT2D eigenvalue weighted by atomic mass is 19.1. The normalized spacial score (nSPS) is 18.9. The first-order valence-corrected chi connectivity index (χ1v) is 10.9. The van der Waals surface area contributed by atoms with Gasteiger partial charge in [0.2, 0.25) is 0 Å². The van der Waals surface area contributed by atoms with E-state index < -0.39 is 0 Å². The number of piperazine rings is 1. The number of benzene rings is 2. The smallest absolute Gasteiger partial charge is 0.132 e. The number of likely N-dealkylation sites (N-methyl/N-ethyl adjacent to an activating group) is 1. The third-order valence-electron chi connectivity index (χ3n) is 6.59. The van der Waals surface area contributed by atoms with Crippen LogP contribution in [0.25, 0.3) is 33.4 Å². The van der Waals surface area contributed by atoms with Gasteiger partial charge in [-0.25, -0.2) is 4.39 Å². The molecule has 0 aliphatic carbocycles. The summed E-state index contributed by atoms with van der Waals surface area (Å²) in [6.45, 7) is 3.88. The van der Waals surface area contributed by atoms with Crippen molar-refractivity contribution in [1.82, 2.24) is 20.1 Å². The van der Waals surface area contributed by atoms with Gasteiger partial charge in [0.05, 0.1) is 36.7 Å². The fraction of sp³-hybridized carbons (Fsp3) is 0.280. The van der Waals surface area contributed by atoms with Gasteiger partial charge in [-0.2, -0.15) is 5.10 Å². The van der Waals surface area contributed by atoms with Crippen molar-refractivity contribution in [3.05, 3.63) is 66.1 Å². The maximum atomic E-state index is 14.8. The fourth-order valence-electron chi connectivity index (χ4n) is 4.67. The van der Waals surface area contributed by atoms with Crippen molar-refractivity contribution in [2.24, 2.45) is 0 Å². The fourth-order valence-corrected chi connectivity index (χ4v) is 4.67. The molecule has 1 fully saturated rings. The van der Waals surface area contributed by atoms with E-state index in [1.54, 1.807) is 12.3 Å². The summed E-state index contributed by atoms with van der Waals surface area (Å²) >= 11 is 0. The van der Waals surface area contributed by atoms with E-state index in [2.05, 4.69) is 56.3 Å². The van der Waals surface area contributed by atoms with E-state index in [0.29, 0.717) is 24.5 Å². The molecule has 6 rings (SSSR count). The van der Waals surface area contributed by atoms with Crippen molar-refractivity contribution < 1.29 is 9.13 Å². The molecule has 1 N–H and O–H groups in total. The number of aromatic amines is 1. The number of H-pyrrole nitrogens is 1. The summed E-state index contributed by atoms with van der Waals surface area (Å²) in [6, 6.07) is 15.8. The second-order valence-corrected chi connectivity index (χ2v) is 8.65. The Morgan fingerprint density at radius 1 is 1.12 bits per heavy atom. The van der Waals surface area contributed by atoms with Gasteiger partial charge >= 0.3 is 0 Å². The summed E-state index contributed by atoms with van der Waals surface area (Å²) in [6.07, 6.45) is 1.72. The number of fused-ring (bicyclic) bond motifs is 10. The summed E-state index contributed by atoms with van der Waals surface area (Å²) in [5, 5.41) is 8.58. The Hall–Kier alpha value is -3.29. The molecule has 32 heavy (non-hydrogen) atoms. The molecule has 0 amide bonds. The van der Waals surface area contributed by atoms with Crippen molar-refractivity contribution in [1.29, 1.82) is 0 Å². The highest BCUT2D eigenvalue weighted by molar-refractivity contribution is 5.95. The lowest BCUT2D eigenvalue weighted by Gasteiger charge is -2.40. The lowest BCUT2D eigenvalue weighted by atomic mass is 10.0. The number of halogens is 1. The highest BCUT2D eigenvalue weighted by Gasteiger charge is 2.25. The van der Waals surface area contributed by atoms with Gasteiger partial charge in [-0.15, -0.1) is 0 Å². The van der Waals surface area contributed by atoms with Gasteiger partial charge in [-0.05, 0) is 42.9 Å². The number of nitrogens with one attached hydrogen (secondary N) is 1. The molecule has 8 bridgehead atoms. The van der Waals surface area contributed by atoms with Crippen molar-refractivity contribution in [2.45, 2.75) is 12.6 Å². The summed E-state index contributed by atoms with van der Waals surface area (Å²) in [4.78, 5) is 9.27. The van der Waals surface area contributed by atoms with Crippen molar-refractivity contribution >= 4 is 16.6 Å². The molecule has 2 aliphatic heterocycles. The number of aromatic nitrogens is 3. The molecule has 4 aromatic rings. The molecule has 4 heterocycles. The van der Waals surface area contributed by atoms with E-state index in [1.807, 2.05) is 12.1 Å². The minimum Gasteiger partial charge on any atom is -0.375 e. The van der Waals surface area contributed by atoms with Crippen molar-refractivity contribution in [3.63, 3.8) is 0 Å². The third kappa shape index (κ3) is 3.34. The highest BCUT2D eigenvalue weighted by Crippen LogP contribution is 2.33. The molecule has 2 aromatic heterocycles. The van der Waals surface area contributed by atoms with E-state index in [1.165, 1.54) is 11.8 Å². The zero-order chi connectivity index (χ0) is 21.7. The number of anilines is 1. The van der Waals surface area contributed by atoms with E-state index in [9.17, 15) is 4.39 Å². The standard InChI is InChI=1S/C25H24FN5O/c1-30-7-8-31-13-19(30)15-32-14-16-5-6-22(26)20(9-16)23-11-21-24(12-27-23)28-29-25(21)17-3-2-4-18(31)10-17/h2-6,9-12,19H,7-8,13-15H2,1H3,(H,28,29). The van der Waals surface area contributed by atoms with E-state index in [-0.39, 0.29) is 11.9 Å². The number of pyridine rings is 1. The monoisotopic (exact) mass is 429 g/mol. The lowest BCUT2D eigenvalue weighted by molar-refractivity contribution is 0.0557. The first kappa shape index (κ1) is 19.4. The van der Waals surface area contributed by atoms with Crippen LogP contribution in [-0.4, -0.2) is 59.4 Å². The SMILES string of the molecule is CN1CCN2CC1COCc1ccc(F)c(c1)-c1cc3c(n[nH]c3cn1)-c1cccc2c1. The maximum Gasteiger partial charge on any atom is 0.132 e. The van der Waals surface area contributed by atoms with Crippen LogP contribution in [0, 0.1) is 5.82 Å². The van der Waals surface area contributed by atoms with Gasteiger partial charge in [0, 0.05) is 41.8 Å². The van der Waals surface area contributed by atoms with Crippen LogP contribution in [0.5, 0.6) is 0 Å². The van der Waals surface area contributed by atoms with Gasteiger partial charge in [0.15, 0.2) is 0 Å². The van der Waals surface area contributed by atoms with Gasteiger partial charge in [-0.1, -0.05) is 18.2 Å². The Morgan fingerprint density at radius 2 is 2.06 bits per heavy atom. The molecule has 1 saturated heterocycles. The van der Waals surface area contributed by atoms with Crippen LogP contribution < -0.4 is 4.90 Å². The molecule has 162 valence electrons. The van der Waals surface area contributed by atoms with Gasteiger partial charge in [0.25, 0.3) is 0 Å². The number of hydrogen-bond acceptors (Lipinski definition) is 5. The average molecular weight is 429 g/mol. The molecule has 2 aromatic carbocycles. The zero-order valence-corrected chi connectivity index (χ0v) is 17.9. The third-order valence-corrected chi connectivity index (χ3v) is 6.59. The largest absolute Gasteiger partial charge is 0.375 e. The minimum atomic E-state index is -0.295. The number of nitrogens with zero attached hydrogens (tertiary/aromatic N) is 4. The summed E-state index contributed by atoms with van der Waals surface area (Å²) in [5.74, 6) is -0.295. The average Bonchev–Trinajstić information content (AvgIpc) is 3.24. The van der Waals surface area contributed by atoms with Gasteiger partial charge < -0.3 is 9.64 Å². The second-order valence-electron chi connectivity index (χ2n) is 8.65. The topological polar surface area (TPSA) is 57.3 Å². The predicted molar refractivity (Wildman–Crippen MR) is 123 cm³/mol. The summed E-state index contributed by atoms with van der Waals surface area (Å²) < 4.78 is 20.8.